The van der Waals surface area contributed by atoms with Gasteiger partial charge in [-0.2, -0.15) is 0 Å². The SMILES string of the molecule is COc1cc2ncc(-c3cnc4cc(N)ccc4c3)n2cc1S(=O)(=O)C(C)(C)C. The number of nitrogens with two attached hydrogens (primary N) is 1. The van der Waals surface area contributed by atoms with Crippen molar-refractivity contribution in [2.75, 3.05) is 12.8 Å². The summed E-state index contributed by atoms with van der Waals surface area (Å²) in [4.78, 5) is 9.03. The van der Waals surface area contributed by atoms with Crippen LogP contribution in [0.25, 0.3) is 27.8 Å². The summed E-state index contributed by atoms with van der Waals surface area (Å²) in [6.45, 7) is 5.00. The number of fused-ring (bicyclic) bond motifs is 2. The summed E-state index contributed by atoms with van der Waals surface area (Å²) in [5, 5.41) is 0.933. The molecule has 29 heavy (non-hydrogen) atoms. The Labute approximate surface area is 169 Å². The molecule has 0 bridgehead atoms. The third-order valence-corrected chi connectivity index (χ3v) is 7.39. The molecule has 0 aliphatic carbocycles. The van der Waals surface area contributed by atoms with Crippen LogP contribution in [0.15, 0.2) is 53.8 Å². The number of benzene rings is 1. The maximum Gasteiger partial charge on any atom is 0.188 e. The molecule has 2 N–H and O–H groups in total. The van der Waals surface area contributed by atoms with E-state index in [-0.39, 0.29) is 10.6 Å². The highest BCUT2D eigenvalue weighted by molar-refractivity contribution is 7.92. The van der Waals surface area contributed by atoms with E-state index in [1.54, 1.807) is 49.8 Å². The Balaban J connectivity index is 1.96. The van der Waals surface area contributed by atoms with Gasteiger partial charge < -0.3 is 10.5 Å². The van der Waals surface area contributed by atoms with Gasteiger partial charge in [-0.25, -0.2) is 13.4 Å². The van der Waals surface area contributed by atoms with Gasteiger partial charge >= 0.3 is 0 Å². The number of sulfone groups is 1. The summed E-state index contributed by atoms with van der Waals surface area (Å²) < 4.78 is 32.4. The number of anilines is 1. The number of imidazole rings is 1. The van der Waals surface area contributed by atoms with Gasteiger partial charge in [0.05, 0.1) is 29.3 Å². The maximum atomic E-state index is 13.1. The fourth-order valence-corrected chi connectivity index (χ4v) is 4.48. The van der Waals surface area contributed by atoms with Crippen LogP contribution in [0.3, 0.4) is 0 Å². The van der Waals surface area contributed by atoms with Crippen LogP contribution in [0.2, 0.25) is 0 Å². The van der Waals surface area contributed by atoms with E-state index in [0.29, 0.717) is 11.3 Å². The number of hydrogen-bond donors (Lipinski definition) is 1. The Bertz CT molecular complexity index is 1350. The van der Waals surface area contributed by atoms with Crippen LogP contribution < -0.4 is 10.5 Å². The van der Waals surface area contributed by atoms with Gasteiger partial charge in [0.1, 0.15) is 16.3 Å². The summed E-state index contributed by atoms with van der Waals surface area (Å²) in [6.07, 6.45) is 5.00. The van der Waals surface area contributed by atoms with Crippen molar-refractivity contribution in [1.29, 1.82) is 0 Å². The molecule has 0 amide bonds. The molecule has 0 aliphatic heterocycles. The molecule has 4 aromatic rings. The average molecular weight is 410 g/mol. The van der Waals surface area contributed by atoms with Crippen LogP contribution in [0.5, 0.6) is 5.75 Å². The van der Waals surface area contributed by atoms with E-state index in [1.807, 2.05) is 24.3 Å². The van der Waals surface area contributed by atoms with Crippen molar-refractivity contribution >= 4 is 32.1 Å². The van der Waals surface area contributed by atoms with Crippen LogP contribution in [0, 0.1) is 0 Å². The van der Waals surface area contributed by atoms with Crippen LogP contribution in [0.1, 0.15) is 20.8 Å². The zero-order chi connectivity index (χ0) is 21.0. The number of nitrogens with zero attached hydrogens (tertiary/aromatic N) is 3. The molecule has 0 aliphatic rings. The van der Waals surface area contributed by atoms with Crippen LogP contribution >= 0.6 is 0 Å². The van der Waals surface area contributed by atoms with Crippen LogP contribution in [-0.2, 0) is 9.84 Å². The quantitative estimate of drug-likeness (QED) is 0.517. The lowest BCUT2D eigenvalue weighted by Gasteiger charge is -2.21. The van der Waals surface area contributed by atoms with E-state index in [0.717, 1.165) is 22.2 Å². The summed E-state index contributed by atoms with van der Waals surface area (Å²) in [5.74, 6) is 0.275. The van der Waals surface area contributed by atoms with Crippen molar-refractivity contribution in [3.63, 3.8) is 0 Å². The standard InChI is InChI=1S/C21H22N4O3S/c1-21(2,3)29(26,27)19-12-25-17(11-24-20(25)9-18(19)28-4)14-7-13-5-6-15(22)8-16(13)23-10-14/h5-12H,22H2,1-4H3. The van der Waals surface area contributed by atoms with E-state index in [1.165, 1.54) is 7.11 Å². The maximum absolute atomic E-state index is 13.1. The summed E-state index contributed by atoms with van der Waals surface area (Å²) in [5.41, 5.74) is 9.41. The number of rotatable bonds is 3. The van der Waals surface area contributed by atoms with E-state index < -0.39 is 14.6 Å². The normalized spacial score (nSPS) is 12.6. The number of aromatic nitrogens is 3. The van der Waals surface area contributed by atoms with Crippen LogP contribution in [0.4, 0.5) is 5.69 Å². The number of pyridine rings is 2. The predicted molar refractivity (Wildman–Crippen MR) is 114 cm³/mol. The van der Waals surface area contributed by atoms with Crippen molar-refractivity contribution in [2.45, 2.75) is 30.4 Å². The highest BCUT2D eigenvalue weighted by Crippen LogP contribution is 2.34. The summed E-state index contributed by atoms with van der Waals surface area (Å²) >= 11 is 0. The molecule has 4 rings (SSSR count). The van der Waals surface area contributed by atoms with E-state index >= 15 is 0 Å². The smallest absolute Gasteiger partial charge is 0.188 e. The molecule has 8 heteroatoms. The van der Waals surface area contributed by atoms with Gasteiger partial charge in [-0.1, -0.05) is 6.07 Å². The second-order valence-electron chi connectivity index (χ2n) is 7.87. The van der Waals surface area contributed by atoms with Gasteiger partial charge in [0, 0.05) is 35.1 Å². The first-order chi connectivity index (χ1) is 13.6. The van der Waals surface area contributed by atoms with Gasteiger partial charge in [-0.3, -0.25) is 9.38 Å². The third-order valence-electron chi connectivity index (χ3n) is 4.89. The average Bonchev–Trinajstić information content (AvgIpc) is 3.08. The largest absolute Gasteiger partial charge is 0.495 e. The Kier molecular flexibility index (Phi) is 4.27. The molecule has 0 saturated heterocycles. The number of hydrogen-bond acceptors (Lipinski definition) is 6. The van der Waals surface area contributed by atoms with Crippen molar-refractivity contribution < 1.29 is 13.2 Å². The van der Waals surface area contributed by atoms with Gasteiger partial charge in [-0.15, -0.1) is 0 Å². The minimum atomic E-state index is -3.63. The Morgan fingerprint density at radius 1 is 1.07 bits per heavy atom. The Morgan fingerprint density at radius 3 is 2.52 bits per heavy atom. The number of ether oxygens (including phenoxy) is 1. The first-order valence-electron chi connectivity index (χ1n) is 9.07. The zero-order valence-electron chi connectivity index (χ0n) is 16.7. The lowest BCUT2D eigenvalue weighted by atomic mass is 10.1. The Morgan fingerprint density at radius 2 is 1.83 bits per heavy atom. The molecule has 7 nitrogen and oxygen atoms in total. The first-order valence-corrected chi connectivity index (χ1v) is 10.6. The summed E-state index contributed by atoms with van der Waals surface area (Å²) in [6, 6.07) is 9.15. The van der Waals surface area contributed by atoms with Gasteiger partial charge in [0.2, 0.25) is 0 Å². The summed E-state index contributed by atoms with van der Waals surface area (Å²) in [7, 11) is -2.18. The molecular weight excluding hydrogens is 388 g/mol. The second-order valence-corrected chi connectivity index (χ2v) is 10.5. The molecule has 0 unspecified atom stereocenters. The van der Waals surface area contributed by atoms with Gasteiger partial charge in [-0.05, 0) is 39.0 Å². The molecular formula is C21H22N4O3S. The monoisotopic (exact) mass is 410 g/mol. The lowest BCUT2D eigenvalue weighted by Crippen LogP contribution is -2.28. The van der Waals surface area contributed by atoms with Crippen molar-refractivity contribution in [3.8, 4) is 17.0 Å². The zero-order valence-corrected chi connectivity index (χ0v) is 17.5. The second kappa shape index (κ2) is 6.45. The third kappa shape index (κ3) is 3.09. The topological polar surface area (TPSA) is 99.6 Å². The molecule has 0 spiro atoms. The number of methoxy groups -OCH3 is 1. The lowest BCUT2D eigenvalue weighted by molar-refractivity contribution is 0.401. The van der Waals surface area contributed by atoms with Crippen molar-refractivity contribution in [1.82, 2.24) is 14.4 Å². The molecule has 0 radical (unpaired) electrons. The fraction of sp³-hybridized carbons (Fsp3) is 0.238. The van der Waals surface area contributed by atoms with E-state index in [9.17, 15) is 8.42 Å². The molecule has 0 saturated carbocycles. The predicted octanol–water partition coefficient (Wildman–Crippen LogP) is 3.71. The van der Waals surface area contributed by atoms with Crippen LogP contribution in [-0.4, -0.2) is 34.6 Å². The van der Waals surface area contributed by atoms with Crippen molar-refractivity contribution in [3.05, 3.63) is 48.9 Å². The van der Waals surface area contributed by atoms with Crippen molar-refractivity contribution in [2.24, 2.45) is 0 Å². The highest BCUT2D eigenvalue weighted by Gasteiger charge is 2.34. The molecule has 0 atom stereocenters. The van der Waals surface area contributed by atoms with Gasteiger partial charge in [0.25, 0.3) is 0 Å². The highest BCUT2D eigenvalue weighted by atomic mass is 32.2. The minimum Gasteiger partial charge on any atom is -0.495 e. The minimum absolute atomic E-state index is 0.126. The first kappa shape index (κ1) is 19.2. The fourth-order valence-electron chi connectivity index (χ4n) is 3.17. The van der Waals surface area contributed by atoms with Gasteiger partial charge in [0.15, 0.2) is 9.84 Å². The van der Waals surface area contributed by atoms with E-state index in [2.05, 4.69) is 9.97 Å². The molecule has 150 valence electrons. The van der Waals surface area contributed by atoms with E-state index in [4.69, 9.17) is 10.5 Å². The molecule has 1 aromatic carbocycles. The Hall–Kier alpha value is -3.13. The molecule has 3 heterocycles. The molecule has 3 aromatic heterocycles. The molecule has 0 fully saturated rings. The number of nitrogen functional groups attached to an aromatic ring is 1.